The van der Waals surface area contributed by atoms with Crippen molar-refractivity contribution in [3.8, 4) is 0 Å². The van der Waals surface area contributed by atoms with Crippen molar-refractivity contribution in [2.24, 2.45) is 7.05 Å². The highest BCUT2D eigenvalue weighted by atomic mass is 16.1. The number of nitrogens with zero attached hydrogens (tertiary/aromatic N) is 1. The minimum absolute atomic E-state index is 0.00870. The smallest absolute Gasteiger partial charge is 0.272 e. The van der Waals surface area contributed by atoms with E-state index in [0.717, 1.165) is 16.5 Å². The summed E-state index contributed by atoms with van der Waals surface area (Å²) in [6.45, 7) is 1.94. The van der Waals surface area contributed by atoms with E-state index < -0.39 is 0 Å². The molecule has 0 atom stereocenters. The quantitative estimate of drug-likeness (QED) is 0.620. The monoisotopic (exact) mass is 162 g/mol. The second-order valence-electron chi connectivity index (χ2n) is 2.97. The molecule has 1 N–H and O–H groups in total. The molecule has 1 aromatic carbocycles. The highest BCUT2D eigenvalue weighted by molar-refractivity contribution is 5.81. The van der Waals surface area contributed by atoms with Gasteiger partial charge < -0.3 is 0 Å². The number of nitrogens with one attached hydrogen (secondary N) is 1. The van der Waals surface area contributed by atoms with Crippen LogP contribution in [-0.4, -0.2) is 9.78 Å². The normalized spacial score (nSPS) is 10.8. The Labute approximate surface area is 69.6 Å². The van der Waals surface area contributed by atoms with Gasteiger partial charge in [-0.1, -0.05) is 12.1 Å². The fourth-order valence-electron chi connectivity index (χ4n) is 1.50. The molecule has 3 nitrogen and oxygen atoms in total. The number of aryl methyl sites for hydroxylation is 2. The fourth-order valence-corrected chi connectivity index (χ4v) is 1.50. The second kappa shape index (κ2) is 2.24. The van der Waals surface area contributed by atoms with Crippen molar-refractivity contribution in [2.75, 3.05) is 0 Å². The summed E-state index contributed by atoms with van der Waals surface area (Å²) in [6, 6.07) is 5.82. The molecule has 0 bridgehead atoms. The molecule has 62 valence electrons. The van der Waals surface area contributed by atoms with Gasteiger partial charge in [0.05, 0.1) is 10.9 Å². The Bertz CT molecular complexity index is 479. The molecule has 12 heavy (non-hydrogen) atoms. The number of hydrogen-bond acceptors (Lipinski definition) is 1. The summed E-state index contributed by atoms with van der Waals surface area (Å²) < 4.78 is 1.74. The van der Waals surface area contributed by atoms with Crippen molar-refractivity contribution in [1.29, 1.82) is 0 Å². The number of rotatable bonds is 0. The molecule has 0 unspecified atom stereocenters. The van der Waals surface area contributed by atoms with Crippen molar-refractivity contribution < 1.29 is 0 Å². The molecule has 0 spiro atoms. The lowest BCUT2D eigenvalue weighted by Crippen LogP contribution is -2.01. The molecule has 1 heterocycles. The zero-order chi connectivity index (χ0) is 8.72. The topological polar surface area (TPSA) is 37.8 Å². The van der Waals surface area contributed by atoms with E-state index in [2.05, 4.69) is 5.10 Å². The van der Waals surface area contributed by atoms with Crippen LogP contribution in [0.3, 0.4) is 0 Å². The summed E-state index contributed by atoms with van der Waals surface area (Å²) in [5, 5.41) is 3.51. The SMILES string of the molecule is Cc1cccc2c1c(=O)[nH]n2C. The van der Waals surface area contributed by atoms with Crippen molar-refractivity contribution in [3.05, 3.63) is 34.1 Å². The maximum absolute atomic E-state index is 11.3. The Morgan fingerprint density at radius 1 is 1.42 bits per heavy atom. The van der Waals surface area contributed by atoms with E-state index in [1.54, 1.807) is 4.68 Å². The molecule has 1 aromatic heterocycles. The van der Waals surface area contributed by atoms with E-state index >= 15 is 0 Å². The van der Waals surface area contributed by atoms with Gasteiger partial charge in [0.15, 0.2) is 0 Å². The van der Waals surface area contributed by atoms with Gasteiger partial charge in [-0.15, -0.1) is 0 Å². The summed E-state index contributed by atoms with van der Waals surface area (Å²) in [7, 11) is 1.84. The number of hydrogen-bond donors (Lipinski definition) is 1. The number of aromatic nitrogens is 2. The predicted octanol–water partition coefficient (Wildman–Crippen LogP) is 1.18. The van der Waals surface area contributed by atoms with Crippen LogP contribution in [0.25, 0.3) is 10.9 Å². The lowest BCUT2D eigenvalue weighted by Gasteiger charge is -1.94. The largest absolute Gasteiger partial charge is 0.288 e. The third-order valence-corrected chi connectivity index (χ3v) is 2.11. The maximum Gasteiger partial charge on any atom is 0.272 e. The van der Waals surface area contributed by atoms with E-state index in [9.17, 15) is 4.79 Å². The van der Waals surface area contributed by atoms with Crippen LogP contribution in [0.2, 0.25) is 0 Å². The average molecular weight is 162 g/mol. The van der Waals surface area contributed by atoms with E-state index in [-0.39, 0.29) is 5.56 Å². The van der Waals surface area contributed by atoms with Crippen LogP contribution >= 0.6 is 0 Å². The highest BCUT2D eigenvalue weighted by Crippen LogP contribution is 2.12. The summed E-state index contributed by atoms with van der Waals surface area (Å²) in [5.74, 6) is 0. The minimum Gasteiger partial charge on any atom is -0.288 e. The van der Waals surface area contributed by atoms with Crippen molar-refractivity contribution in [2.45, 2.75) is 6.92 Å². The van der Waals surface area contributed by atoms with Gasteiger partial charge >= 0.3 is 0 Å². The third-order valence-electron chi connectivity index (χ3n) is 2.11. The minimum atomic E-state index is -0.00870. The van der Waals surface area contributed by atoms with Crippen LogP contribution in [0.15, 0.2) is 23.0 Å². The molecule has 2 rings (SSSR count). The number of H-pyrrole nitrogens is 1. The first-order valence-electron chi connectivity index (χ1n) is 3.84. The van der Waals surface area contributed by atoms with Crippen LogP contribution in [0, 0.1) is 6.92 Å². The molecular weight excluding hydrogens is 152 g/mol. The van der Waals surface area contributed by atoms with Crippen LogP contribution in [0.4, 0.5) is 0 Å². The van der Waals surface area contributed by atoms with Gasteiger partial charge in [0.2, 0.25) is 0 Å². The van der Waals surface area contributed by atoms with Crippen LogP contribution in [0.5, 0.6) is 0 Å². The first-order chi connectivity index (χ1) is 5.70. The maximum atomic E-state index is 11.3. The molecule has 3 heteroatoms. The number of fused-ring (bicyclic) bond motifs is 1. The van der Waals surface area contributed by atoms with Crippen LogP contribution in [0.1, 0.15) is 5.56 Å². The van der Waals surface area contributed by atoms with Gasteiger partial charge in [0.1, 0.15) is 0 Å². The molecule has 0 amide bonds. The van der Waals surface area contributed by atoms with Gasteiger partial charge in [-0.05, 0) is 18.6 Å². The molecule has 0 radical (unpaired) electrons. The van der Waals surface area contributed by atoms with Gasteiger partial charge in [-0.25, -0.2) is 0 Å². The Hall–Kier alpha value is -1.51. The molecular formula is C9H10N2O. The summed E-state index contributed by atoms with van der Waals surface area (Å²) in [5.41, 5.74) is 1.97. The highest BCUT2D eigenvalue weighted by Gasteiger charge is 2.04. The lowest BCUT2D eigenvalue weighted by molar-refractivity contribution is 0.783. The van der Waals surface area contributed by atoms with Gasteiger partial charge in [0, 0.05) is 7.05 Å². The van der Waals surface area contributed by atoms with Crippen molar-refractivity contribution in [1.82, 2.24) is 9.78 Å². The first-order valence-corrected chi connectivity index (χ1v) is 3.84. The first kappa shape index (κ1) is 7.16. The molecule has 0 fully saturated rings. The van der Waals surface area contributed by atoms with Crippen molar-refractivity contribution in [3.63, 3.8) is 0 Å². The second-order valence-corrected chi connectivity index (χ2v) is 2.97. The van der Waals surface area contributed by atoms with E-state index in [0.29, 0.717) is 0 Å². The molecule has 2 aromatic rings. The Morgan fingerprint density at radius 3 is 2.83 bits per heavy atom. The zero-order valence-corrected chi connectivity index (χ0v) is 7.09. The van der Waals surface area contributed by atoms with Crippen LogP contribution in [-0.2, 0) is 7.05 Å². The molecule has 0 aliphatic rings. The van der Waals surface area contributed by atoms with Gasteiger partial charge in [0.25, 0.3) is 5.56 Å². The van der Waals surface area contributed by atoms with E-state index in [4.69, 9.17) is 0 Å². The molecule has 0 aliphatic carbocycles. The van der Waals surface area contributed by atoms with Crippen molar-refractivity contribution >= 4 is 10.9 Å². The summed E-state index contributed by atoms with van der Waals surface area (Å²) >= 11 is 0. The van der Waals surface area contributed by atoms with Crippen LogP contribution < -0.4 is 5.56 Å². The van der Waals surface area contributed by atoms with E-state index in [1.807, 2.05) is 32.2 Å². The Morgan fingerprint density at radius 2 is 2.17 bits per heavy atom. The number of benzene rings is 1. The van der Waals surface area contributed by atoms with E-state index in [1.165, 1.54) is 0 Å². The van der Waals surface area contributed by atoms with Gasteiger partial charge in [-0.3, -0.25) is 14.6 Å². The third kappa shape index (κ3) is 0.794. The number of aromatic amines is 1. The summed E-state index contributed by atoms with van der Waals surface area (Å²) in [6.07, 6.45) is 0. The molecule has 0 saturated carbocycles. The lowest BCUT2D eigenvalue weighted by atomic mass is 10.1. The summed E-state index contributed by atoms with van der Waals surface area (Å²) in [4.78, 5) is 11.3. The zero-order valence-electron chi connectivity index (χ0n) is 7.09. The van der Waals surface area contributed by atoms with Gasteiger partial charge in [-0.2, -0.15) is 0 Å². The molecule has 0 aliphatic heterocycles. The predicted molar refractivity (Wildman–Crippen MR) is 48.3 cm³/mol. The Kier molecular flexibility index (Phi) is 1.33. The average Bonchev–Trinajstić information content (AvgIpc) is 2.29. The standard InChI is InChI=1S/C9H10N2O/c1-6-4-3-5-7-8(6)9(12)10-11(7)2/h3-5H,1-2H3,(H,10,12). The fraction of sp³-hybridized carbons (Fsp3) is 0.222. The Balaban J connectivity index is 3.09. The molecule has 0 saturated heterocycles.